The van der Waals surface area contributed by atoms with Gasteiger partial charge in [0.05, 0.1) is 19.2 Å². The molecule has 88 valence electrons. The van der Waals surface area contributed by atoms with Crippen LogP contribution in [0.3, 0.4) is 0 Å². The van der Waals surface area contributed by atoms with E-state index >= 15 is 0 Å². The summed E-state index contributed by atoms with van der Waals surface area (Å²) in [5, 5.41) is 0. The van der Waals surface area contributed by atoms with Crippen molar-refractivity contribution in [3.63, 3.8) is 0 Å². The molecule has 0 bridgehead atoms. The van der Waals surface area contributed by atoms with Gasteiger partial charge in [-0.3, -0.25) is 0 Å². The van der Waals surface area contributed by atoms with Gasteiger partial charge < -0.3 is 4.74 Å². The average Bonchev–Trinajstić information content (AvgIpc) is 2.71. The Balaban J connectivity index is 2.21. The number of rotatable bonds is 3. The van der Waals surface area contributed by atoms with E-state index in [-0.39, 0.29) is 5.97 Å². The Morgan fingerprint density at radius 3 is 2.71 bits per heavy atom. The van der Waals surface area contributed by atoms with Gasteiger partial charge in [0.2, 0.25) is 0 Å². The predicted molar refractivity (Wildman–Crippen MR) is 62.7 cm³/mol. The minimum Gasteiger partial charge on any atom is -0.353 e. The molecule has 0 saturated heterocycles. The summed E-state index contributed by atoms with van der Waals surface area (Å²) < 4.78 is 9.04. The lowest BCUT2D eigenvalue weighted by Gasteiger charge is -2.01. The molecule has 17 heavy (non-hydrogen) atoms. The fourth-order valence-electron chi connectivity index (χ4n) is 1.60. The molecular weight excluding hydrogens is 216 g/mol. The summed E-state index contributed by atoms with van der Waals surface area (Å²) in [6.07, 6.45) is 3.74. The first-order chi connectivity index (χ1) is 8.22. The smallest absolute Gasteiger partial charge is 0.353 e. The average molecular weight is 231 g/mol. The fourth-order valence-corrected chi connectivity index (χ4v) is 1.60. The molecule has 4 heteroatoms. The number of imidazole rings is 1. The van der Waals surface area contributed by atoms with Crippen LogP contribution in [0.1, 0.15) is 17.3 Å². The van der Waals surface area contributed by atoms with E-state index in [2.05, 4.69) is 0 Å². The van der Waals surface area contributed by atoms with Gasteiger partial charge in [0.25, 0.3) is 0 Å². The van der Waals surface area contributed by atoms with Crippen LogP contribution in [0.5, 0.6) is 6.01 Å². The molecule has 4 nitrogen and oxygen atoms in total. The third-order valence-electron chi connectivity index (χ3n) is 2.55. The van der Waals surface area contributed by atoms with Gasteiger partial charge in [-0.1, -0.05) is 18.2 Å². The van der Waals surface area contributed by atoms with Crippen molar-refractivity contribution in [1.29, 1.82) is 0 Å². The van der Waals surface area contributed by atoms with E-state index < -0.39 is 0 Å². The molecule has 0 aliphatic rings. The van der Waals surface area contributed by atoms with Crippen LogP contribution in [0.25, 0.3) is 0 Å². The van der Waals surface area contributed by atoms with E-state index in [1.807, 2.05) is 49.1 Å². The van der Waals surface area contributed by atoms with E-state index in [0.29, 0.717) is 11.6 Å². The van der Waals surface area contributed by atoms with E-state index in [1.54, 1.807) is 16.7 Å². The maximum Gasteiger partial charge on any atom is 0.463 e. The summed E-state index contributed by atoms with van der Waals surface area (Å²) in [6.45, 7) is 2.76. The number of aromatic nitrogens is 2. The van der Waals surface area contributed by atoms with Crippen LogP contribution in [0, 0.1) is 0 Å². The SMILES string of the molecule is CCn1cc[n+](C)c1OC(=O)c1ccccc1. The highest BCUT2D eigenvalue weighted by atomic mass is 16.6. The summed E-state index contributed by atoms with van der Waals surface area (Å²) in [5.41, 5.74) is 0.552. The number of ether oxygens (including phenoxy) is 1. The van der Waals surface area contributed by atoms with E-state index in [9.17, 15) is 4.79 Å². The van der Waals surface area contributed by atoms with Gasteiger partial charge in [0.15, 0.2) is 0 Å². The minimum absolute atomic E-state index is 0.338. The Morgan fingerprint density at radius 1 is 1.35 bits per heavy atom. The van der Waals surface area contributed by atoms with Crippen LogP contribution in [-0.4, -0.2) is 10.5 Å². The topological polar surface area (TPSA) is 35.1 Å². The molecule has 0 fully saturated rings. The van der Waals surface area contributed by atoms with Crippen molar-refractivity contribution in [2.75, 3.05) is 0 Å². The molecule has 0 atom stereocenters. The van der Waals surface area contributed by atoms with Gasteiger partial charge in [-0.2, -0.15) is 9.13 Å². The molecular formula is C13H15N2O2+. The zero-order valence-corrected chi connectivity index (χ0v) is 9.96. The van der Waals surface area contributed by atoms with Crippen molar-refractivity contribution >= 4 is 5.97 Å². The molecule has 0 radical (unpaired) electrons. The third kappa shape index (κ3) is 2.36. The van der Waals surface area contributed by atoms with Crippen LogP contribution in [-0.2, 0) is 13.6 Å². The molecule has 0 amide bonds. The zero-order chi connectivity index (χ0) is 12.3. The normalized spacial score (nSPS) is 10.2. The van der Waals surface area contributed by atoms with Gasteiger partial charge in [-0.25, -0.2) is 4.79 Å². The number of carbonyl (C=O) groups is 1. The Bertz CT molecular complexity index is 517. The van der Waals surface area contributed by atoms with Crippen molar-refractivity contribution in [3.05, 3.63) is 48.3 Å². The predicted octanol–water partition coefficient (Wildman–Crippen LogP) is 1.55. The number of hydrogen-bond donors (Lipinski definition) is 0. The number of benzene rings is 1. The van der Waals surface area contributed by atoms with Gasteiger partial charge in [0.1, 0.15) is 12.4 Å². The summed E-state index contributed by atoms with van der Waals surface area (Å²) in [5.74, 6) is -0.338. The van der Waals surface area contributed by atoms with Crippen molar-refractivity contribution in [2.45, 2.75) is 13.5 Å². The summed E-state index contributed by atoms with van der Waals surface area (Å²) in [4.78, 5) is 11.9. The van der Waals surface area contributed by atoms with E-state index in [4.69, 9.17) is 4.74 Å². The van der Waals surface area contributed by atoms with E-state index in [0.717, 1.165) is 6.54 Å². The molecule has 0 aliphatic heterocycles. The molecule has 0 aliphatic carbocycles. The standard InChI is InChI=1S/C13H15N2O2/c1-3-15-10-9-14(2)13(15)17-12(16)11-7-5-4-6-8-11/h4-10H,3H2,1-2H3/q+1. The molecule has 1 heterocycles. The molecule has 0 N–H and O–H groups in total. The minimum atomic E-state index is -0.338. The first-order valence-electron chi connectivity index (χ1n) is 5.54. The number of aryl methyl sites for hydroxylation is 2. The summed E-state index contributed by atoms with van der Waals surface area (Å²) in [6, 6.07) is 9.51. The summed E-state index contributed by atoms with van der Waals surface area (Å²) >= 11 is 0. The lowest BCUT2D eigenvalue weighted by Crippen LogP contribution is -2.30. The molecule has 2 aromatic rings. The highest BCUT2D eigenvalue weighted by molar-refractivity contribution is 5.90. The molecule has 2 rings (SSSR count). The second kappa shape index (κ2) is 4.82. The van der Waals surface area contributed by atoms with Gasteiger partial charge in [-0.15, -0.1) is 0 Å². The van der Waals surface area contributed by atoms with Crippen molar-refractivity contribution in [2.24, 2.45) is 7.05 Å². The van der Waals surface area contributed by atoms with Crippen LogP contribution in [0.15, 0.2) is 42.7 Å². The lowest BCUT2D eigenvalue weighted by atomic mass is 10.2. The number of carbonyl (C=O) groups excluding carboxylic acids is 1. The Hall–Kier alpha value is -2.10. The molecule has 1 aromatic heterocycles. The molecule has 0 saturated carbocycles. The van der Waals surface area contributed by atoms with Gasteiger partial charge >= 0.3 is 12.0 Å². The molecule has 0 unspecified atom stereocenters. The maximum atomic E-state index is 11.9. The number of nitrogens with zero attached hydrogens (tertiary/aromatic N) is 2. The molecule has 1 aromatic carbocycles. The van der Waals surface area contributed by atoms with Crippen molar-refractivity contribution in [1.82, 2.24) is 4.57 Å². The molecule has 0 spiro atoms. The second-order valence-corrected chi connectivity index (χ2v) is 3.73. The third-order valence-corrected chi connectivity index (χ3v) is 2.55. The fraction of sp³-hybridized carbons (Fsp3) is 0.231. The summed E-state index contributed by atoms with van der Waals surface area (Å²) in [7, 11) is 1.85. The van der Waals surface area contributed by atoms with Gasteiger partial charge in [-0.05, 0) is 19.1 Å². The monoisotopic (exact) mass is 231 g/mol. The van der Waals surface area contributed by atoms with Crippen molar-refractivity contribution < 1.29 is 14.1 Å². The highest BCUT2D eigenvalue weighted by Gasteiger charge is 2.19. The highest BCUT2D eigenvalue weighted by Crippen LogP contribution is 2.08. The van der Waals surface area contributed by atoms with Crippen LogP contribution in [0.4, 0.5) is 0 Å². The van der Waals surface area contributed by atoms with Crippen molar-refractivity contribution in [3.8, 4) is 6.01 Å². The zero-order valence-electron chi connectivity index (χ0n) is 9.96. The Labute approximate surface area is 100 Å². The quantitative estimate of drug-likeness (QED) is 0.593. The van der Waals surface area contributed by atoms with Crippen LogP contribution in [0.2, 0.25) is 0 Å². The maximum absolute atomic E-state index is 11.9. The van der Waals surface area contributed by atoms with Crippen LogP contribution >= 0.6 is 0 Å². The number of esters is 1. The van der Waals surface area contributed by atoms with Gasteiger partial charge in [0, 0.05) is 0 Å². The second-order valence-electron chi connectivity index (χ2n) is 3.73. The van der Waals surface area contributed by atoms with Crippen LogP contribution < -0.4 is 9.30 Å². The first-order valence-corrected chi connectivity index (χ1v) is 5.54. The first kappa shape index (κ1) is 11.4. The Morgan fingerprint density at radius 2 is 2.06 bits per heavy atom. The number of hydrogen-bond acceptors (Lipinski definition) is 2. The Kier molecular flexibility index (Phi) is 3.23. The van der Waals surface area contributed by atoms with E-state index in [1.165, 1.54) is 0 Å². The largest absolute Gasteiger partial charge is 0.463 e. The lowest BCUT2D eigenvalue weighted by molar-refractivity contribution is -0.674.